The Morgan fingerprint density at radius 2 is 1.89 bits per heavy atom. The van der Waals surface area contributed by atoms with Crippen molar-refractivity contribution in [2.45, 2.75) is 38.3 Å². The molecule has 4 heterocycles. The Kier molecular flexibility index (Phi) is 6.87. The second kappa shape index (κ2) is 10.4. The maximum atomic E-state index is 13.1. The lowest BCUT2D eigenvalue weighted by Gasteiger charge is -2.32. The van der Waals surface area contributed by atoms with Crippen LogP contribution in [0.2, 0.25) is 0 Å². The van der Waals surface area contributed by atoms with Crippen LogP contribution in [0.15, 0.2) is 59.4 Å². The summed E-state index contributed by atoms with van der Waals surface area (Å²) >= 11 is 0. The van der Waals surface area contributed by atoms with Crippen molar-refractivity contribution in [2.24, 2.45) is 5.92 Å². The molecule has 3 N–H and O–H groups in total. The van der Waals surface area contributed by atoms with Gasteiger partial charge in [0.25, 0.3) is 11.5 Å². The van der Waals surface area contributed by atoms with Crippen LogP contribution >= 0.6 is 0 Å². The zero-order valence-corrected chi connectivity index (χ0v) is 19.7. The Labute approximate surface area is 211 Å². The van der Waals surface area contributed by atoms with Crippen LogP contribution in [-0.4, -0.2) is 39.3 Å². The number of ether oxygens (including phenoxy) is 2. The predicted octanol–water partition coefficient (Wildman–Crippen LogP) is 2.40. The van der Waals surface area contributed by atoms with Crippen molar-refractivity contribution in [1.29, 1.82) is 0 Å². The third-order valence-electron chi connectivity index (χ3n) is 6.43. The monoisotopic (exact) mass is 508 g/mol. The van der Waals surface area contributed by atoms with Gasteiger partial charge in [-0.15, -0.1) is 0 Å². The van der Waals surface area contributed by atoms with E-state index in [2.05, 4.69) is 15.6 Å². The molecule has 10 nitrogen and oxygen atoms in total. The van der Waals surface area contributed by atoms with Gasteiger partial charge >= 0.3 is 6.09 Å². The summed E-state index contributed by atoms with van der Waals surface area (Å²) in [6.07, 6.45) is -0.962. The molecule has 1 fully saturated rings. The van der Waals surface area contributed by atoms with Crippen LogP contribution in [0.5, 0.6) is 5.75 Å². The van der Waals surface area contributed by atoms with E-state index in [0.29, 0.717) is 18.6 Å². The van der Waals surface area contributed by atoms with Crippen molar-refractivity contribution < 1.29 is 28.6 Å². The van der Waals surface area contributed by atoms with Crippen LogP contribution in [0.3, 0.4) is 0 Å². The molecule has 11 heteroatoms. The zero-order chi connectivity index (χ0) is 25.9. The molecule has 1 aromatic heterocycles. The Hall–Kier alpha value is -4.25. The van der Waals surface area contributed by atoms with Crippen LogP contribution in [-0.2, 0) is 29.2 Å². The standard InChI is InChI=1S/C26H25FN4O6/c27-18-8-6-15(7-9-18)11-28-24(33)20-21(32)25(34)31-12-17-10-19(22(36-14-17)23(31)30-20)29-26(35)37-13-16-4-2-1-3-5-16/h1-9,17,19,22,32H,10-14H2,(H,28,33)(H,29,35). The van der Waals surface area contributed by atoms with Gasteiger partial charge in [-0.1, -0.05) is 42.5 Å². The minimum Gasteiger partial charge on any atom is -0.501 e. The summed E-state index contributed by atoms with van der Waals surface area (Å²) in [6.45, 7) is 0.685. The van der Waals surface area contributed by atoms with Crippen LogP contribution < -0.4 is 16.2 Å². The number of rotatable bonds is 6. The van der Waals surface area contributed by atoms with E-state index < -0.39 is 47.0 Å². The van der Waals surface area contributed by atoms with E-state index in [0.717, 1.165) is 5.56 Å². The molecule has 1 saturated heterocycles. The minimum atomic E-state index is -0.819. The van der Waals surface area contributed by atoms with Gasteiger partial charge in [-0.05, 0) is 29.7 Å². The van der Waals surface area contributed by atoms with E-state index in [1.165, 1.54) is 28.8 Å². The quantitative estimate of drug-likeness (QED) is 0.466. The second-order valence-electron chi connectivity index (χ2n) is 9.06. The highest BCUT2D eigenvalue weighted by atomic mass is 19.1. The SMILES string of the molecule is O=C(NC1CC2COC1c1nc(C(=O)NCc3ccc(F)cc3)c(O)c(=O)n1C2)OCc1ccccc1. The van der Waals surface area contributed by atoms with E-state index in [-0.39, 0.29) is 31.4 Å². The minimum absolute atomic E-state index is 0.0398. The Morgan fingerprint density at radius 3 is 2.65 bits per heavy atom. The van der Waals surface area contributed by atoms with Crippen molar-refractivity contribution in [3.8, 4) is 5.75 Å². The first-order valence-corrected chi connectivity index (χ1v) is 11.8. The number of benzene rings is 2. The van der Waals surface area contributed by atoms with Gasteiger partial charge in [-0.25, -0.2) is 14.2 Å². The molecule has 2 bridgehead atoms. The molecule has 192 valence electrons. The molecule has 0 saturated carbocycles. The van der Waals surface area contributed by atoms with E-state index in [1.807, 2.05) is 30.3 Å². The maximum absolute atomic E-state index is 13.1. The fraction of sp³-hybridized carbons (Fsp3) is 0.308. The largest absolute Gasteiger partial charge is 0.501 e. The molecule has 6 rings (SSSR count). The Balaban J connectivity index is 1.34. The lowest BCUT2D eigenvalue weighted by molar-refractivity contribution is -0.0350. The molecule has 0 spiro atoms. The van der Waals surface area contributed by atoms with Crippen LogP contribution in [0, 0.1) is 11.7 Å². The number of hydrogen-bond donors (Lipinski definition) is 3. The Bertz CT molecular complexity index is 1360. The smallest absolute Gasteiger partial charge is 0.407 e. The first kappa shape index (κ1) is 24.4. The van der Waals surface area contributed by atoms with E-state index >= 15 is 0 Å². The van der Waals surface area contributed by atoms with Gasteiger partial charge in [0.05, 0.1) is 12.6 Å². The first-order chi connectivity index (χ1) is 17.9. The van der Waals surface area contributed by atoms with Gasteiger partial charge in [0.1, 0.15) is 24.4 Å². The van der Waals surface area contributed by atoms with Crippen LogP contribution in [0.4, 0.5) is 9.18 Å². The van der Waals surface area contributed by atoms with Crippen molar-refractivity contribution >= 4 is 12.0 Å². The molecule has 2 amide bonds. The van der Waals surface area contributed by atoms with Gasteiger partial charge in [0.2, 0.25) is 5.75 Å². The van der Waals surface area contributed by atoms with Crippen molar-refractivity contribution in [2.75, 3.05) is 6.61 Å². The normalized spacial score (nSPS) is 20.0. The summed E-state index contributed by atoms with van der Waals surface area (Å²) in [6, 6.07) is 14.2. The topological polar surface area (TPSA) is 132 Å². The van der Waals surface area contributed by atoms with Crippen molar-refractivity contribution in [3.63, 3.8) is 0 Å². The fourth-order valence-electron chi connectivity index (χ4n) is 4.58. The maximum Gasteiger partial charge on any atom is 0.407 e. The molecule has 0 aliphatic carbocycles. The number of nitrogens with one attached hydrogen (secondary N) is 2. The highest BCUT2D eigenvalue weighted by Gasteiger charge is 2.41. The zero-order valence-electron chi connectivity index (χ0n) is 19.7. The first-order valence-electron chi connectivity index (χ1n) is 11.8. The summed E-state index contributed by atoms with van der Waals surface area (Å²) in [7, 11) is 0. The fourth-order valence-corrected chi connectivity index (χ4v) is 4.58. The number of alkyl carbamates (subject to hydrolysis) is 1. The molecule has 3 atom stereocenters. The summed E-state index contributed by atoms with van der Waals surface area (Å²) in [4.78, 5) is 42.7. The molecular formula is C26H25FN4O6. The lowest BCUT2D eigenvalue weighted by atomic mass is 9.95. The molecule has 37 heavy (non-hydrogen) atoms. The third-order valence-corrected chi connectivity index (χ3v) is 6.43. The predicted molar refractivity (Wildman–Crippen MR) is 128 cm³/mol. The molecule has 3 unspecified atom stereocenters. The molecule has 3 aliphatic rings. The number of aromatic hydroxyl groups is 1. The number of halogens is 1. The lowest BCUT2D eigenvalue weighted by Crippen LogP contribution is -2.45. The number of hydrogen-bond acceptors (Lipinski definition) is 7. The van der Waals surface area contributed by atoms with Gasteiger partial charge in [-0.2, -0.15) is 0 Å². The van der Waals surface area contributed by atoms with E-state index in [9.17, 15) is 23.9 Å². The highest BCUT2D eigenvalue weighted by Crippen LogP contribution is 2.35. The molecule has 3 aromatic rings. The summed E-state index contributed by atoms with van der Waals surface area (Å²) in [5, 5.41) is 15.9. The van der Waals surface area contributed by atoms with Gasteiger partial charge in [0.15, 0.2) is 5.69 Å². The number of carbonyl (C=O) groups excluding carboxylic acids is 2. The summed E-state index contributed by atoms with van der Waals surface area (Å²) in [5.74, 6) is -1.92. The van der Waals surface area contributed by atoms with E-state index in [1.54, 1.807) is 0 Å². The van der Waals surface area contributed by atoms with Gasteiger partial charge < -0.3 is 25.2 Å². The number of carbonyl (C=O) groups is 2. The third kappa shape index (κ3) is 5.31. The summed E-state index contributed by atoms with van der Waals surface area (Å²) < 4.78 is 25.7. The highest BCUT2D eigenvalue weighted by molar-refractivity contribution is 5.94. The van der Waals surface area contributed by atoms with Crippen LogP contribution in [0.25, 0.3) is 0 Å². The van der Waals surface area contributed by atoms with Crippen molar-refractivity contribution in [1.82, 2.24) is 20.2 Å². The molecule has 2 aromatic carbocycles. The number of nitrogens with zero attached hydrogens (tertiary/aromatic N) is 2. The summed E-state index contributed by atoms with van der Waals surface area (Å²) in [5.41, 5.74) is 0.255. The number of fused-ring (bicyclic) bond motifs is 2. The molecular weight excluding hydrogens is 483 g/mol. The van der Waals surface area contributed by atoms with Gasteiger partial charge in [0, 0.05) is 19.0 Å². The average Bonchev–Trinajstić information content (AvgIpc) is 3.17. The Morgan fingerprint density at radius 1 is 1.14 bits per heavy atom. The van der Waals surface area contributed by atoms with E-state index in [4.69, 9.17) is 9.47 Å². The van der Waals surface area contributed by atoms with Crippen LogP contribution in [0.1, 0.15) is 40.0 Å². The average molecular weight is 509 g/mol. The van der Waals surface area contributed by atoms with Gasteiger partial charge in [-0.3, -0.25) is 14.2 Å². The molecule has 3 aliphatic heterocycles. The number of amides is 2. The molecule has 0 radical (unpaired) electrons. The number of aromatic nitrogens is 2. The second-order valence-corrected chi connectivity index (χ2v) is 9.06. The van der Waals surface area contributed by atoms with Crippen molar-refractivity contribution in [3.05, 3.63) is 93.4 Å².